The second kappa shape index (κ2) is 3.44. The van der Waals surface area contributed by atoms with Crippen LogP contribution < -0.4 is 5.14 Å². The van der Waals surface area contributed by atoms with Crippen LogP contribution in [-0.2, 0) is 21.2 Å². The molecular formula is C6H7NO4S2. The number of nitrogens with two attached hydrogens (primary N) is 1. The first-order valence-corrected chi connectivity index (χ1v) is 5.59. The molecule has 0 aliphatic rings. The van der Waals surface area contributed by atoms with E-state index in [9.17, 15) is 13.2 Å². The summed E-state index contributed by atoms with van der Waals surface area (Å²) in [5.41, 5.74) is 0. The lowest BCUT2D eigenvalue weighted by Crippen LogP contribution is -2.09. The Hall–Kier alpha value is -0.920. The predicted octanol–water partition coefficient (Wildman–Crippen LogP) is 0.0226. The fourth-order valence-corrected chi connectivity index (χ4v) is 2.52. The number of rotatable bonds is 3. The lowest BCUT2D eigenvalue weighted by atomic mass is 10.3. The highest BCUT2D eigenvalue weighted by molar-refractivity contribution is 7.91. The number of sulfonamides is 1. The first-order valence-electron chi connectivity index (χ1n) is 3.23. The zero-order valence-corrected chi connectivity index (χ0v) is 8.06. The van der Waals surface area contributed by atoms with E-state index in [1.54, 1.807) is 0 Å². The Balaban J connectivity index is 2.94. The smallest absolute Gasteiger partial charge is 0.308 e. The van der Waals surface area contributed by atoms with Crippen molar-refractivity contribution in [2.45, 2.75) is 10.6 Å². The summed E-state index contributed by atoms with van der Waals surface area (Å²) in [4.78, 5) is 10.7. The van der Waals surface area contributed by atoms with Crippen molar-refractivity contribution in [1.82, 2.24) is 0 Å². The van der Waals surface area contributed by atoms with E-state index in [-0.39, 0.29) is 10.6 Å². The van der Waals surface area contributed by atoms with Gasteiger partial charge in [-0.25, -0.2) is 13.6 Å². The van der Waals surface area contributed by atoms with Gasteiger partial charge >= 0.3 is 5.97 Å². The quantitative estimate of drug-likeness (QED) is 0.752. The van der Waals surface area contributed by atoms with E-state index in [1.165, 1.54) is 12.1 Å². The maximum Gasteiger partial charge on any atom is 0.308 e. The minimum atomic E-state index is -3.69. The molecule has 0 saturated carbocycles. The molecule has 0 atom stereocenters. The van der Waals surface area contributed by atoms with E-state index in [1.807, 2.05) is 0 Å². The van der Waals surface area contributed by atoms with Gasteiger partial charge < -0.3 is 5.11 Å². The SMILES string of the molecule is NS(=O)(=O)c1ccc(CC(=O)O)s1. The molecule has 0 unspecified atom stereocenters. The van der Waals surface area contributed by atoms with Crippen LogP contribution in [0, 0.1) is 0 Å². The number of carbonyl (C=O) groups is 1. The Morgan fingerprint density at radius 3 is 2.54 bits per heavy atom. The molecule has 1 aromatic heterocycles. The molecule has 72 valence electrons. The molecule has 1 heterocycles. The Morgan fingerprint density at radius 1 is 1.54 bits per heavy atom. The van der Waals surface area contributed by atoms with Crippen molar-refractivity contribution in [3.05, 3.63) is 17.0 Å². The van der Waals surface area contributed by atoms with E-state index in [4.69, 9.17) is 10.2 Å². The maximum absolute atomic E-state index is 10.8. The summed E-state index contributed by atoms with van der Waals surface area (Å²) in [6, 6.07) is 2.75. The average molecular weight is 221 g/mol. The Morgan fingerprint density at radius 2 is 2.15 bits per heavy atom. The third-order valence-electron chi connectivity index (χ3n) is 1.24. The highest BCUT2D eigenvalue weighted by atomic mass is 32.2. The van der Waals surface area contributed by atoms with Gasteiger partial charge in [0.2, 0.25) is 10.0 Å². The second-order valence-electron chi connectivity index (χ2n) is 2.34. The van der Waals surface area contributed by atoms with Gasteiger partial charge in [0.1, 0.15) is 4.21 Å². The van der Waals surface area contributed by atoms with Crippen LogP contribution >= 0.6 is 11.3 Å². The topological polar surface area (TPSA) is 97.5 Å². The molecule has 5 nitrogen and oxygen atoms in total. The lowest BCUT2D eigenvalue weighted by Gasteiger charge is -1.89. The van der Waals surface area contributed by atoms with Gasteiger partial charge in [-0.15, -0.1) is 11.3 Å². The molecule has 1 aromatic rings. The molecule has 13 heavy (non-hydrogen) atoms. The molecule has 0 radical (unpaired) electrons. The molecule has 1 rings (SSSR count). The van der Waals surface area contributed by atoms with Crippen molar-refractivity contribution in [2.75, 3.05) is 0 Å². The number of aliphatic carboxylic acids is 1. The largest absolute Gasteiger partial charge is 0.481 e. The van der Waals surface area contributed by atoms with Gasteiger partial charge in [-0.3, -0.25) is 4.79 Å². The van der Waals surface area contributed by atoms with Crippen LogP contribution in [0.25, 0.3) is 0 Å². The van der Waals surface area contributed by atoms with Crippen molar-refractivity contribution in [1.29, 1.82) is 0 Å². The molecule has 0 aliphatic heterocycles. The summed E-state index contributed by atoms with van der Waals surface area (Å²) in [5.74, 6) is -0.997. The fraction of sp³-hybridized carbons (Fsp3) is 0.167. The molecule has 0 bridgehead atoms. The van der Waals surface area contributed by atoms with Crippen molar-refractivity contribution in [2.24, 2.45) is 5.14 Å². The van der Waals surface area contributed by atoms with E-state index < -0.39 is 16.0 Å². The summed E-state index contributed by atoms with van der Waals surface area (Å²) in [7, 11) is -3.69. The van der Waals surface area contributed by atoms with E-state index in [2.05, 4.69) is 0 Å². The highest BCUT2D eigenvalue weighted by Gasteiger charge is 2.12. The van der Waals surface area contributed by atoms with Crippen LogP contribution in [-0.4, -0.2) is 19.5 Å². The van der Waals surface area contributed by atoms with Gasteiger partial charge in [0, 0.05) is 4.88 Å². The summed E-state index contributed by atoms with van der Waals surface area (Å²) in [5, 5.41) is 13.2. The first kappa shape index (κ1) is 10.2. The highest BCUT2D eigenvalue weighted by Crippen LogP contribution is 2.20. The minimum absolute atomic E-state index is 0.0104. The number of carboxylic acids is 1. The van der Waals surface area contributed by atoms with Gasteiger partial charge in [-0.1, -0.05) is 0 Å². The number of hydrogen-bond acceptors (Lipinski definition) is 4. The molecule has 0 spiro atoms. The van der Waals surface area contributed by atoms with Crippen molar-refractivity contribution in [3.8, 4) is 0 Å². The third kappa shape index (κ3) is 2.79. The van der Waals surface area contributed by atoms with Crippen LogP contribution in [0.2, 0.25) is 0 Å². The second-order valence-corrected chi connectivity index (χ2v) is 5.29. The Kier molecular flexibility index (Phi) is 2.69. The molecule has 0 aliphatic carbocycles. The van der Waals surface area contributed by atoms with E-state index in [0.717, 1.165) is 11.3 Å². The predicted molar refractivity (Wildman–Crippen MR) is 47.0 cm³/mol. The van der Waals surface area contributed by atoms with Crippen LogP contribution in [0.5, 0.6) is 0 Å². The first-order chi connectivity index (χ1) is 5.89. The number of hydrogen-bond donors (Lipinski definition) is 2. The van der Waals surface area contributed by atoms with Crippen molar-refractivity contribution in [3.63, 3.8) is 0 Å². The van der Waals surface area contributed by atoms with E-state index in [0.29, 0.717) is 4.88 Å². The van der Waals surface area contributed by atoms with E-state index >= 15 is 0 Å². The zero-order valence-electron chi connectivity index (χ0n) is 6.43. The van der Waals surface area contributed by atoms with Crippen molar-refractivity contribution >= 4 is 27.3 Å². The van der Waals surface area contributed by atoms with Gasteiger partial charge in [-0.2, -0.15) is 0 Å². The van der Waals surface area contributed by atoms with Gasteiger partial charge in [-0.05, 0) is 12.1 Å². The summed E-state index contributed by atoms with van der Waals surface area (Å²) >= 11 is 0.874. The molecule has 0 amide bonds. The fourth-order valence-electron chi connectivity index (χ4n) is 0.755. The van der Waals surface area contributed by atoms with Crippen LogP contribution in [0.3, 0.4) is 0 Å². The summed E-state index contributed by atoms with van der Waals surface area (Å²) < 4.78 is 21.5. The Labute approximate surface area is 78.9 Å². The normalized spacial score (nSPS) is 11.5. The molecular weight excluding hydrogens is 214 g/mol. The molecule has 3 N–H and O–H groups in total. The summed E-state index contributed by atoms with van der Waals surface area (Å²) in [6.45, 7) is 0. The standard InChI is InChI=1S/C6H7NO4S2/c7-13(10,11)6-2-1-4(12-6)3-5(8)9/h1-2H,3H2,(H,8,9)(H2,7,10,11). The average Bonchev–Trinajstić information content (AvgIpc) is 2.32. The van der Waals surface area contributed by atoms with Gasteiger partial charge in [0.15, 0.2) is 0 Å². The summed E-state index contributed by atoms with van der Waals surface area (Å²) in [6.07, 6.45) is -0.180. The molecule has 0 fully saturated rings. The third-order valence-corrected chi connectivity index (χ3v) is 3.77. The van der Waals surface area contributed by atoms with Crippen molar-refractivity contribution < 1.29 is 18.3 Å². The van der Waals surface area contributed by atoms with Crippen LogP contribution in [0.15, 0.2) is 16.3 Å². The van der Waals surface area contributed by atoms with Gasteiger partial charge in [0.05, 0.1) is 6.42 Å². The van der Waals surface area contributed by atoms with Crippen LogP contribution in [0.4, 0.5) is 0 Å². The number of thiophene rings is 1. The molecule has 0 saturated heterocycles. The monoisotopic (exact) mass is 221 g/mol. The number of primary sulfonamides is 1. The zero-order chi connectivity index (χ0) is 10.1. The minimum Gasteiger partial charge on any atom is -0.481 e. The molecule has 0 aromatic carbocycles. The van der Waals surface area contributed by atoms with Crippen LogP contribution in [0.1, 0.15) is 4.88 Å². The molecule has 7 heteroatoms. The Bertz CT molecular complexity index is 420. The number of carboxylic acid groups (broad SMARTS) is 1. The maximum atomic E-state index is 10.8. The van der Waals surface area contributed by atoms with Gasteiger partial charge in [0.25, 0.3) is 0 Å². The lowest BCUT2D eigenvalue weighted by molar-refractivity contribution is -0.136.